The van der Waals surface area contributed by atoms with Gasteiger partial charge in [-0.05, 0) is 26.7 Å². The standard InChI is InChI=1S/C15H24N4/c1-7-12(8-2)14-11(4)15-16-10(3)9-13(18(5)6)19(15)17-14/h9,12H,7-8H2,1-6H3. The van der Waals surface area contributed by atoms with Gasteiger partial charge in [0, 0.05) is 37.3 Å². The Hall–Kier alpha value is -1.58. The molecule has 0 radical (unpaired) electrons. The summed E-state index contributed by atoms with van der Waals surface area (Å²) in [5.74, 6) is 1.61. The lowest BCUT2D eigenvalue weighted by atomic mass is 9.97. The van der Waals surface area contributed by atoms with Crippen molar-refractivity contribution < 1.29 is 0 Å². The fourth-order valence-electron chi connectivity index (χ4n) is 2.62. The second-order valence-corrected chi connectivity index (χ2v) is 5.41. The van der Waals surface area contributed by atoms with E-state index in [4.69, 9.17) is 5.10 Å². The largest absolute Gasteiger partial charge is 0.363 e. The second-order valence-electron chi connectivity index (χ2n) is 5.41. The summed E-state index contributed by atoms with van der Waals surface area (Å²) in [6.07, 6.45) is 2.25. The lowest BCUT2D eigenvalue weighted by molar-refractivity contribution is 0.613. The molecule has 0 N–H and O–H groups in total. The summed E-state index contributed by atoms with van der Waals surface area (Å²) in [7, 11) is 4.09. The summed E-state index contributed by atoms with van der Waals surface area (Å²) in [6, 6.07) is 2.08. The van der Waals surface area contributed by atoms with Crippen LogP contribution in [0.5, 0.6) is 0 Å². The molecule has 4 nitrogen and oxygen atoms in total. The number of aromatic nitrogens is 3. The number of fused-ring (bicyclic) bond motifs is 1. The zero-order valence-corrected chi connectivity index (χ0v) is 12.9. The van der Waals surface area contributed by atoms with E-state index in [2.05, 4.69) is 36.7 Å². The van der Waals surface area contributed by atoms with E-state index in [1.165, 1.54) is 11.3 Å². The van der Waals surface area contributed by atoms with Gasteiger partial charge < -0.3 is 4.90 Å². The van der Waals surface area contributed by atoms with Crippen molar-refractivity contribution >= 4 is 11.5 Å². The summed E-state index contributed by atoms with van der Waals surface area (Å²) < 4.78 is 1.98. The van der Waals surface area contributed by atoms with Crippen LogP contribution in [0.3, 0.4) is 0 Å². The van der Waals surface area contributed by atoms with Crippen LogP contribution in [0.1, 0.15) is 49.6 Å². The first-order chi connectivity index (χ1) is 8.99. The molecule has 0 saturated heterocycles. The molecule has 4 heteroatoms. The van der Waals surface area contributed by atoms with E-state index in [9.17, 15) is 0 Å². The Bertz CT molecular complexity index is 579. The highest BCUT2D eigenvalue weighted by Crippen LogP contribution is 2.28. The quantitative estimate of drug-likeness (QED) is 0.845. The summed E-state index contributed by atoms with van der Waals surface area (Å²) in [5.41, 5.74) is 4.45. The highest BCUT2D eigenvalue weighted by molar-refractivity contribution is 5.57. The van der Waals surface area contributed by atoms with Crippen molar-refractivity contribution in [3.05, 3.63) is 23.0 Å². The zero-order valence-electron chi connectivity index (χ0n) is 12.9. The van der Waals surface area contributed by atoms with Crippen LogP contribution in [0.15, 0.2) is 6.07 Å². The average molecular weight is 260 g/mol. The van der Waals surface area contributed by atoms with Gasteiger partial charge in [-0.25, -0.2) is 4.98 Å². The van der Waals surface area contributed by atoms with E-state index in [0.717, 1.165) is 30.0 Å². The van der Waals surface area contributed by atoms with Crippen LogP contribution in [0.2, 0.25) is 0 Å². The van der Waals surface area contributed by atoms with Crippen LogP contribution in [0, 0.1) is 13.8 Å². The molecule has 0 atom stereocenters. The molecule has 0 fully saturated rings. The summed E-state index contributed by atoms with van der Waals surface area (Å²) in [4.78, 5) is 6.75. The SMILES string of the molecule is CCC(CC)c1nn2c(N(C)C)cc(C)nc2c1C. The van der Waals surface area contributed by atoms with Gasteiger partial charge in [0.25, 0.3) is 0 Å². The minimum atomic E-state index is 0.525. The predicted molar refractivity (Wildman–Crippen MR) is 80.1 cm³/mol. The molecule has 19 heavy (non-hydrogen) atoms. The molecule has 2 aromatic rings. The first-order valence-corrected chi connectivity index (χ1v) is 7.03. The fraction of sp³-hybridized carbons (Fsp3) is 0.600. The van der Waals surface area contributed by atoms with Crippen molar-refractivity contribution in [1.29, 1.82) is 0 Å². The third kappa shape index (κ3) is 2.31. The second kappa shape index (κ2) is 5.19. The Morgan fingerprint density at radius 2 is 1.84 bits per heavy atom. The molecule has 0 aliphatic heterocycles. The van der Waals surface area contributed by atoms with Crippen LogP contribution < -0.4 is 4.90 Å². The normalized spacial score (nSPS) is 11.5. The van der Waals surface area contributed by atoms with Gasteiger partial charge in [0.1, 0.15) is 5.82 Å². The van der Waals surface area contributed by atoms with Crippen molar-refractivity contribution in [2.75, 3.05) is 19.0 Å². The van der Waals surface area contributed by atoms with Crippen molar-refractivity contribution in [1.82, 2.24) is 14.6 Å². The number of aryl methyl sites for hydroxylation is 2. The Balaban J connectivity index is 2.71. The monoisotopic (exact) mass is 260 g/mol. The summed E-state index contributed by atoms with van der Waals surface area (Å²) in [5, 5.41) is 4.83. The van der Waals surface area contributed by atoms with Gasteiger partial charge in [0.15, 0.2) is 5.65 Å². The van der Waals surface area contributed by atoms with E-state index >= 15 is 0 Å². The van der Waals surface area contributed by atoms with Crippen molar-refractivity contribution in [3.63, 3.8) is 0 Å². The van der Waals surface area contributed by atoms with Crippen LogP contribution >= 0.6 is 0 Å². The fourth-order valence-corrected chi connectivity index (χ4v) is 2.62. The van der Waals surface area contributed by atoms with Gasteiger partial charge >= 0.3 is 0 Å². The van der Waals surface area contributed by atoms with Crippen molar-refractivity contribution in [2.45, 2.75) is 46.5 Å². The molecule has 104 valence electrons. The molecule has 0 aromatic carbocycles. The lowest BCUT2D eigenvalue weighted by Crippen LogP contribution is -2.14. The van der Waals surface area contributed by atoms with Gasteiger partial charge in [-0.3, -0.25) is 0 Å². The summed E-state index contributed by atoms with van der Waals surface area (Å²) >= 11 is 0. The minimum absolute atomic E-state index is 0.525. The van der Waals surface area contributed by atoms with E-state index in [1.54, 1.807) is 0 Å². The summed E-state index contributed by atoms with van der Waals surface area (Å²) in [6.45, 7) is 8.63. The van der Waals surface area contributed by atoms with Gasteiger partial charge in [-0.1, -0.05) is 13.8 Å². The van der Waals surface area contributed by atoms with Gasteiger partial charge in [0.2, 0.25) is 0 Å². The van der Waals surface area contributed by atoms with Gasteiger partial charge in [0.05, 0.1) is 5.69 Å². The molecule has 2 rings (SSSR count). The molecule has 0 saturated carbocycles. The van der Waals surface area contributed by atoms with Crippen LogP contribution in [0.25, 0.3) is 5.65 Å². The Kier molecular flexibility index (Phi) is 3.78. The first kappa shape index (κ1) is 13.8. The molecular formula is C15H24N4. The number of nitrogens with zero attached hydrogens (tertiary/aromatic N) is 4. The maximum Gasteiger partial charge on any atom is 0.160 e. The number of hydrogen-bond donors (Lipinski definition) is 0. The minimum Gasteiger partial charge on any atom is -0.363 e. The molecule has 0 spiro atoms. The number of hydrogen-bond acceptors (Lipinski definition) is 3. The third-order valence-electron chi connectivity index (χ3n) is 3.80. The number of rotatable bonds is 4. The molecule has 2 aromatic heterocycles. The maximum absolute atomic E-state index is 4.83. The Labute approximate surface area is 115 Å². The van der Waals surface area contributed by atoms with Crippen LogP contribution in [0.4, 0.5) is 5.82 Å². The van der Waals surface area contributed by atoms with Crippen molar-refractivity contribution in [2.24, 2.45) is 0 Å². The van der Waals surface area contributed by atoms with E-state index in [1.807, 2.05) is 25.5 Å². The Morgan fingerprint density at radius 1 is 1.21 bits per heavy atom. The zero-order chi connectivity index (χ0) is 14.2. The van der Waals surface area contributed by atoms with E-state index < -0.39 is 0 Å². The number of anilines is 1. The van der Waals surface area contributed by atoms with Gasteiger partial charge in [-0.2, -0.15) is 9.61 Å². The average Bonchev–Trinajstić information content (AvgIpc) is 2.68. The molecule has 0 unspecified atom stereocenters. The van der Waals surface area contributed by atoms with Gasteiger partial charge in [-0.15, -0.1) is 0 Å². The third-order valence-corrected chi connectivity index (χ3v) is 3.80. The van der Waals surface area contributed by atoms with Crippen molar-refractivity contribution in [3.8, 4) is 0 Å². The van der Waals surface area contributed by atoms with Crippen LogP contribution in [-0.2, 0) is 0 Å². The first-order valence-electron chi connectivity index (χ1n) is 7.03. The predicted octanol–water partition coefficient (Wildman–Crippen LogP) is 3.32. The molecule has 0 bridgehead atoms. The maximum atomic E-state index is 4.83. The molecule has 0 aliphatic carbocycles. The van der Waals surface area contributed by atoms with E-state index in [0.29, 0.717) is 5.92 Å². The lowest BCUT2D eigenvalue weighted by Gasteiger charge is -2.14. The Morgan fingerprint density at radius 3 is 2.37 bits per heavy atom. The van der Waals surface area contributed by atoms with E-state index in [-0.39, 0.29) is 0 Å². The molecule has 0 amide bonds. The highest BCUT2D eigenvalue weighted by atomic mass is 15.3. The molecule has 0 aliphatic rings. The smallest absolute Gasteiger partial charge is 0.160 e. The van der Waals surface area contributed by atoms with Crippen LogP contribution in [-0.4, -0.2) is 28.7 Å². The highest BCUT2D eigenvalue weighted by Gasteiger charge is 2.19. The topological polar surface area (TPSA) is 33.4 Å². The molecular weight excluding hydrogens is 236 g/mol. The molecule has 2 heterocycles.